The van der Waals surface area contributed by atoms with Crippen molar-refractivity contribution in [2.45, 2.75) is 31.4 Å². The van der Waals surface area contributed by atoms with Crippen molar-refractivity contribution in [3.8, 4) is 0 Å². The molecule has 1 aliphatic rings. The summed E-state index contributed by atoms with van der Waals surface area (Å²) >= 11 is 0. The third-order valence-corrected chi connectivity index (χ3v) is 2.43. The average molecular weight is 173 g/mol. The largest absolute Gasteiger partial charge is 0.469 e. The lowest BCUT2D eigenvalue weighted by molar-refractivity contribution is -0.148. The standard InChI is InChI=1S/C8H15NO3/c1-12-8(11)5-3-2-4-6(10)7(5)9/h5-7,10H,2-4,9H2,1H3. The SMILES string of the molecule is COC(=O)C1CCCC(O)C1N. The fraction of sp³-hybridized carbons (Fsp3) is 0.875. The Bertz CT molecular complexity index is 172. The number of rotatable bonds is 1. The van der Waals surface area contributed by atoms with Gasteiger partial charge in [-0.3, -0.25) is 4.79 Å². The molecule has 4 heteroatoms. The monoisotopic (exact) mass is 173 g/mol. The van der Waals surface area contributed by atoms with Gasteiger partial charge in [-0.2, -0.15) is 0 Å². The van der Waals surface area contributed by atoms with Crippen LogP contribution in [0.15, 0.2) is 0 Å². The van der Waals surface area contributed by atoms with E-state index in [1.54, 1.807) is 0 Å². The number of esters is 1. The second-order valence-corrected chi connectivity index (χ2v) is 3.21. The van der Waals surface area contributed by atoms with E-state index in [-0.39, 0.29) is 11.9 Å². The minimum Gasteiger partial charge on any atom is -0.469 e. The lowest BCUT2D eigenvalue weighted by Crippen LogP contribution is -2.47. The van der Waals surface area contributed by atoms with E-state index >= 15 is 0 Å². The van der Waals surface area contributed by atoms with Gasteiger partial charge in [0.2, 0.25) is 0 Å². The van der Waals surface area contributed by atoms with Gasteiger partial charge in [0.1, 0.15) is 0 Å². The topological polar surface area (TPSA) is 72.5 Å². The first kappa shape index (κ1) is 9.48. The van der Waals surface area contributed by atoms with Crippen molar-refractivity contribution >= 4 is 5.97 Å². The molecule has 3 unspecified atom stereocenters. The normalized spacial score (nSPS) is 36.1. The molecule has 1 saturated carbocycles. The molecule has 0 aromatic rings. The van der Waals surface area contributed by atoms with Crippen molar-refractivity contribution < 1.29 is 14.6 Å². The summed E-state index contributed by atoms with van der Waals surface area (Å²) in [4.78, 5) is 11.1. The number of aliphatic hydroxyl groups excluding tert-OH is 1. The number of aliphatic hydroxyl groups is 1. The zero-order valence-electron chi connectivity index (χ0n) is 7.19. The van der Waals surface area contributed by atoms with Gasteiger partial charge in [0.15, 0.2) is 0 Å². The molecule has 0 aromatic heterocycles. The summed E-state index contributed by atoms with van der Waals surface area (Å²) in [6.45, 7) is 0. The fourth-order valence-electron chi connectivity index (χ4n) is 1.63. The quantitative estimate of drug-likeness (QED) is 0.531. The highest BCUT2D eigenvalue weighted by molar-refractivity contribution is 5.73. The Kier molecular flexibility index (Phi) is 3.05. The van der Waals surface area contributed by atoms with Crippen molar-refractivity contribution in [2.75, 3.05) is 7.11 Å². The molecule has 1 fully saturated rings. The third-order valence-electron chi connectivity index (χ3n) is 2.43. The summed E-state index contributed by atoms with van der Waals surface area (Å²) in [5, 5.41) is 9.36. The van der Waals surface area contributed by atoms with Crippen LogP contribution in [0.3, 0.4) is 0 Å². The van der Waals surface area contributed by atoms with Crippen molar-refractivity contribution in [3.63, 3.8) is 0 Å². The molecule has 70 valence electrons. The molecule has 0 heterocycles. The van der Waals surface area contributed by atoms with Crippen LogP contribution in [0, 0.1) is 5.92 Å². The molecule has 0 amide bonds. The van der Waals surface area contributed by atoms with Crippen molar-refractivity contribution in [1.29, 1.82) is 0 Å². The number of carbonyl (C=O) groups excluding carboxylic acids is 1. The summed E-state index contributed by atoms with van der Waals surface area (Å²) in [6.07, 6.45) is 1.71. The molecule has 0 radical (unpaired) electrons. The second-order valence-electron chi connectivity index (χ2n) is 3.21. The molecule has 3 atom stereocenters. The van der Waals surface area contributed by atoms with Crippen LogP contribution in [0.5, 0.6) is 0 Å². The first-order valence-electron chi connectivity index (χ1n) is 4.18. The number of carbonyl (C=O) groups is 1. The van der Waals surface area contributed by atoms with E-state index in [4.69, 9.17) is 5.73 Å². The summed E-state index contributed by atoms with van der Waals surface area (Å²) in [5.74, 6) is -0.625. The van der Waals surface area contributed by atoms with E-state index < -0.39 is 12.1 Å². The molecule has 1 aliphatic carbocycles. The van der Waals surface area contributed by atoms with Gasteiger partial charge in [-0.05, 0) is 19.3 Å². The van der Waals surface area contributed by atoms with Crippen molar-refractivity contribution in [2.24, 2.45) is 11.7 Å². The Labute approximate surface area is 71.7 Å². The third kappa shape index (κ3) is 1.76. The van der Waals surface area contributed by atoms with Crippen molar-refractivity contribution in [3.05, 3.63) is 0 Å². The van der Waals surface area contributed by atoms with Gasteiger partial charge in [0.05, 0.1) is 19.1 Å². The summed E-state index contributed by atoms with van der Waals surface area (Å²) in [5.41, 5.74) is 5.65. The lowest BCUT2D eigenvalue weighted by atomic mass is 9.83. The maximum atomic E-state index is 11.1. The van der Waals surface area contributed by atoms with Crippen LogP contribution in [0.1, 0.15) is 19.3 Å². The smallest absolute Gasteiger partial charge is 0.310 e. The van der Waals surface area contributed by atoms with Gasteiger partial charge in [-0.15, -0.1) is 0 Å². The van der Waals surface area contributed by atoms with Gasteiger partial charge in [0.25, 0.3) is 0 Å². The maximum absolute atomic E-state index is 11.1. The average Bonchev–Trinajstić information content (AvgIpc) is 2.08. The first-order valence-corrected chi connectivity index (χ1v) is 4.18. The molecule has 0 bridgehead atoms. The molecule has 4 nitrogen and oxygen atoms in total. The van der Waals surface area contributed by atoms with Gasteiger partial charge >= 0.3 is 5.97 Å². The fourth-order valence-corrected chi connectivity index (χ4v) is 1.63. The predicted octanol–water partition coefficient (Wildman–Crippen LogP) is -0.352. The van der Waals surface area contributed by atoms with E-state index in [1.807, 2.05) is 0 Å². The van der Waals surface area contributed by atoms with Crippen LogP contribution in [-0.2, 0) is 9.53 Å². The van der Waals surface area contributed by atoms with Gasteiger partial charge < -0.3 is 15.6 Å². The number of nitrogens with two attached hydrogens (primary N) is 1. The highest BCUT2D eigenvalue weighted by atomic mass is 16.5. The predicted molar refractivity (Wildman–Crippen MR) is 43.3 cm³/mol. The van der Waals surface area contributed by atoms with E-state index in [9.17, 15) is 9.90 Å². The van der Waals surface area contributed by atoms with Crippen LogP contribution in [-0.4, -0.2) is 30.3 Å². The second kappa shape index (κ2) is 3.87. The number of ether oxygens (including phenoxy) is 1. The Morgan fingerprint density at radius 3 is 2.83 bits per heavy atom. The number of hydrogen-bond acceptors (Lipinski definition) is 4. The Morgan fingerprint density at radius 2 is 2.25 bits per heavy atom. The highest BCUT2D eigenvalue weighted by Gasteiger charge is 2.34. The van der Waals surface area contributed by atoms with E-state index in [2.05, 4.69) is 4.74 Å². The molecule has 1 rings (SSSR count). The molecule has 0 saturated heterocycles. The Hall–Kier alpha value is -0.610. The number of methoxy groups -OCH3 is 1. The van der Waals surface area contributed by atoms with Gasteiger partial charge in [0, 0.05) is 6.04 Å². The molecular formula is C8H15NO3. The molecule has 0 spiro atoms. The zero-order valence-corrected chi connectivity index (χ0v) is 7.19. The minimum atomic E-state index is -0.553. The van der Waals surface area contributed by atoms with Crippen LogP contribution in [0.4, 0.5) is 0 Å². The van der Waals surface area contributed by atoms with Crippen LogP contribution in [0.25, 0.3) is 0 Å². The Morgan fingerprint density at radius 1 is 1.58 bits per heavy atom. The molecule has 12 heavy (non-hydrogen) atoms. The van der Waals surface area contributed by atoms with Crippen molar-refractivity contribution in [1.82, 2.24) is 0 Å². The van der Waals surface area contributed by atoms with Crippen LogP contribution >= 0.6 is 0 Å². The van der Waals surface area contributed by atoms with Crippen LogP contribution < -0.4 is 5.73 Å². The van der Waals surface area contributed by atoms with E-state index in [0.29, 0.717) is 6.42 Å². The summed E-state index contributed by atoms with van der Waals surface area (Å²) in [6, 6.07) is -0.453. The zero-order chi connectivity index (χ0) is 9.14. The Balaban J connectivity index is 2.57. The van der Waals surface area contributed by atoms with E-state index in [1.165, 1.54) is 7.11 Å². The molecular weight excluding hydrogens is 158 g/mol. The van der Waals surface area contributed by atoms with Crippen LogP contribution in [0.2, 0.25) is 0 Å². The minimum absolute atomic E-state index is 0.304. The summed E-state index contributed by atoms with van der Waals surface area (Å²) in [7, 11) is 1.34. The van der Waals surface area contributed by atoms with E-state index in [0.717, 1.165) is 12.8 Å². The summed E-state index contributed by atoms with van der Waals surface area (Å²) < 4.78 is 4.58. The molecule has 3 N–H and O–H groups in total. The van der Waals surface area contributed by atoms with Gasteiger partial charge in [-0.25, -0.2) is 0 Å². The first-order chi connectivity index (χ1) is 5.66. The highest BCUT2D eigenvalue weighted by Crippen LogP contribution is 2.24. The lowest BCUT2D eigenvalue weighted by Gasteiger charge is -2.30. The molecule has 0 aliphatic heterocycles. The molecule has 0 aromatic carbocycles. The van der Waals surface area contributed by atoms with Gasteiger partial charge in [-0.1, -0.05) is 0 Å². The maximum Gasteiger partial charge on any atom is 0.310 e. The number of hydrogen-bond donors (Lipinski definition) is 2.